The molecule has 0 aliphatic carbocycles. The lowest BCUT2D eigenvalue weighted by atomic mass is 10.00. The SMILES string of the molecule is CCC1OCCC1CNC(=O)NC(CCCOC)C(=O)O. The summed E-state index contributed by atoms with van der Waals surface area (Å²) in [6.07, 6.45) is 2.96. The van der Waals surface area contributed by atoms with E-state index in [0.29, 0.717) is 31.9 Å². The minimum absolute atomic E-state index is 0.183. The van der Waals surface area contributed by atoms with Gasteiger partial charge in [0, 0.05) is 32.8 Å². The van der Waals surface area contributed by atoms with Gasteiger partial charge in [0.25, 0.3) is 0 Å². The van der Waals surface area contributed by atoms with Crippen molar-refractivity contribution >= 4 is 12.0 Å². The number of nitrogens with one attached hydrogen (secondary N) is 2. The summed E-state index contributed by atoms with van der Waals surface area (Å²) in [4.78, 5) is 22.9. The maximum atomic E-state index is 11.8. The molecule has 7 heteroatoms. The molecule has 1 rings (SSSR count). The molecule has 1 aliphatic heterocycles. The standard InChI is InChI=1S/C14H26N2O5/c1-3-12-10(6-8-21-12)9-15-14(19)16-11(13(17)18)5-4-7-20-2/h10-12H,3-9H2,1-2H3,(H,17,18)(H2,15,16,19). The van der Waals surface area contributed by atoms with Crippen LogP contribution in [0.1, 0.15) is 32.6 Å². The molecule has 2 amide bonds. The van der Waals surface area contributed by atoms with Gasteiger partial charge in [0.1, 0.15) is 6.04 Å². The van der Waals surface area contributed by atoms with Gasteiger partial charge in [0.15, 0.2) is 0 Å². The van der Waals surface area contributed by atoms with Crippen molar-refractivity contribution in [3.8, 4) is 0 Å². The van der Waals surface area contributed by atoms with Crippen molar-refractivity contribution in [3.05, 3.63) is 0 Å². The quantitative estimate of drug-likeness (QED) is 0.552. The molecule has 3 unspecified atom stereocenters. The van der Waals surface area contributed by atoms with Crippen LogP contribution in [-0.4, -0.2) is 56.1 Å². The van der Waals surface area contributed by atoms with Gasteiger partial charge in [-0.05, 0) is 25.7 Å². The van der Waals surface area contributed by atoms with Crippen LogP contribution in [0.25, 0.3) is 0 Å². The number of carboxylic acid groups (broad SMARTS) is 1. The van der Waals surface area contributed by atoms with Crippen LogP contribution in [-0.2, 0) is 14.3 Å². The monoisotopic (exact) mass is 302 g/mol. The van der Waals surface area contributed by atoms with Crippen molar-refractivity contribution in [2.75, 3.05) is 26.9 Å². The third-order valence-electron chi connectivity index (χ3n) is 3.72. The highest BCUT2D eigenvalue weighted by atomic mass is 16.5. The van der Waals surface area contributed by atoms with Crippen molar-refractivity contribution in [3.63, 3.8) is 0 Å². The first-order valence-electron chi connectivity index (χ1n) is 7.46. The van der Waals surface area contributed by atoms with Gasteiger partial charge in [0.2, 0.25) is 0 Å². The van der Waals surface area contributed by atoms with Crippen LogP contribution in [0.15, 0.2) is 0 Å². The lowest BCUT2D eigenvalue weighted by molar-refractivity contribution is -0.139. The number of ether oxygens (including phenoxy) is 2. The highest BCUT2D eigenvalue weighted by Crippen LogP contribution is 2.22. The summed E-state index contributed by atoms with van der Waals surface area (Å²) < 4.78 is 10.4. The van der Waals surface area contributed by atoms with E-state index in [1.807, 2.05) is 0 Å². The number of hydrogen-bond acceptors (Lipinski definition) is 4. The third kappa shape index (κ3) is 6.31. The molecule has 1 heterocycles. The van der Waals surface area contributed by atoms with E-state index in [0.717, 1.165) is 19.4 Å². The molecular formula is C14H26N2O5. The van der Waals surface area contributed by atoms with E-state index in [-0.39, 0.29) is 6.10 Å². The van der Waals surface area contributed by atoms with Crippen molar-refractivity contribution in [1.82, 2.24) is 10.6 Å². The lowest BCUT2D eigenvalue weighted by Crippen LogP contribution is -2.47. The van der Waals surface area contributed by atoms with Crippen molar-refractivity contribution in [2.45, 2.75) is 44.8 Å². The van der Waals surface area contributed by atoms with Crippen molar-refractivity contribution < 1.29 is 24.2 Å². The molecule has 3 N–H and O–H groups in total. The van der Waals surface area contributed by atoms with Gasteiger partial charge < -0.3 is 25.2 Å². The third-order valence-corrected chi connectivity index (χ3v) is 3.72. The molecule has 0 spiro atoms. The predicted octanol–water partition coefficient (Wildman–Crippen LogP) is 0.981. The molecule has 0 aromatic rings. The van der Waals surface area contributed by atoms with Gasteiger partial charge >= 0.3 is 12.0 Å². The number of aliphatic carboxylic acids is 1. The minimum atomic E-state index is -1.03. The first kappa shape index (κ1) is 17.7. The predicted molar refractivity (Wildman–Crippen MR) is 77.2 cm³/mol. The highest BCUT2D eigenvalue weighted by Gasteiger charge is 2.27. The van der Waals surface area contributed by atoms with Gasteiger partial charge in [-0.3, -0.25) is 0 Å². The van der Waals surface area contributed by atoms with Gasteiger partial charge in [-0.15, -0.1) is 0 Å². The molecule has 0 bridgehead atoms. The van der Waals surface area contributed by atoms with Gasteiger partial charge in [0.05, 0.1) is 6.10 Å². The van der Waals surface area contributed by atoms with Crippen molar-refractivity contribution in [1.29, 1.82) is 0 Å². The largest absolute Gasteiger partial charge is 0.480 e. The van der Waals surface area contributed by atoms with E-state index in [4.69, 9.17) is 14.6 Å². The molecular weight excluding hydrogens is 276 g/mol. The normalized spacial score (nSPS) is 22.8. The average molecular weight is 302 g/mol. The van der Waals surface area contributed by atoms with E-state index in [1.54, 1.807) is 7.11 Å². The Morgan fingerprint density at radius 3 is 2.86 bits per heavy atom. The zero-order chi connectivity index (χ0) is 15.7. The molecule has 122 valence electrons. The van der Waals surface area contributed by atoms with Crippen molar-refractivity contribution in [2.24, 2.45) is 5.92 Å². The molecule has 21 heavy (non-hydrogen) atoms. The Hall–Kier alpha value is -1.34. The summed E-state index contributed by atoms with van der Waals surface area (Å²) in [5.74, 6) is -0.727. The number of urea groups is 1. The molecule has 1 aliphatic rings. The molecule has 1 saturated heterocycles. The Morgan fingerprint density at radius 2 is 2.24 bits per heavy atom. The Bertz CT molecular complexity index is 337. The van der Waals surface area contributed by atoms with Gasteiger partial charge in [-0.1, -0.05) is 6.92 Å². The van der Waals surface area contributed by atoms with Crippen LogP contribution >= 0.6 is 0 Å². The summed E-state index contributed by atoms with van der Waals surface area (Å²) in [7, 11) is 1.56. The van der Waals surface area contributed by atoms with Gasteiger partial charge in [-0.2, -0.15) is 0 Å². The maximum absolute atomic E-state index is 11.8. The van der Waals surface area contributed by atoms with E-state index < -0.39 is 18.0 Å². The highest BCUT2D eigenvalue weighted by molar-refractivity contribution is 5.82. The Labute approximate surface area is 125 Å². The second kappa shape index (κ2) is 9.57. The molecule has 0 aromatic heterocycles. The molecule has 0 aromatic carbocycles. The van der Waals surface area contributed by atoms with Crippen LogP contribution in [0.2, 0.25) is 0 Å². The number of carboxylic acids is 1. The molecule has 0 radical (unpaired) electrons. The van der Waals surface area contributed by atoms with E-state index in [2.05, 4.69) is 17.6 Å². The number of methoxy groups -OCH3 is 1. The van der Waals surface area contributed by atoms with Gasteiger partial charge in [-0.25, -0.2) is 9.59 Å². The summed E-state index contributed by atoms with van der Waals surface area (Å²) >= 11 is 0. The fourth-order valence-electron chi connectivity index (χ4n) is 2.50. The van der Waals surface area contributed by atoms with E-state index >= 15 is 0 Å². The fourth-order valence-corrected chi connectivity index (χ4v) is 2.50. The number of hydrogen-bond donors (Lipinski definition) is 3. The van der Waals surface area contributed by atoms with Crippen LogP contribution in [0.3, 0.4) is 0 Å². The summed E-state index contributed by atoms with van der Waals surface area (Å²) in [6.45, 7) is 3.76. The molecule has 0 saturated carbocycles. The van der Waals surface area contributed by atoms with E-state index in [1.165, 1.54) is 0 Å². The van der Waals surface area contributed by atoms with Crippen LogP contribution in [0.5, 0.6) is 0 Å². The number of carbonyl (C=O) groups excluding carboxylic acids is 1. The average Bonchev–Trinajstić information content (AvgIpc) is 2.91. The molecule has 3 atom stereocenters. The zero-order valence-corrected chi connectivity index (χ0v) is 12.8. The second-order valence-corrected chi connectivity index (χ2v) is 5.25. The number of amides is 2. The maximum Gasteiger partial charge on any atom is 0.326 e. The molecule has 7 nitrogen and oxygen atoms in total. The topological polar surface area (TPSA) is 96.9 Å². The summed E-state index contributed by atoms with van der Waals surface area (Å²) in [5.41, 5.74) is 0. The minimum Gasteiger partial charge on any atom is -0.480 e. The Kier molecular flexibility index (Phi) is 8.07. The smallest absolute Gasteiger partial charge is 0.326 e. The lowest BCUT2D eigenvalue weighted by Gasteiger charge is -2.19. The van der Waals surface area contributed by atoms with E-state index in [9.17, 15) is 9.59 Å². The van der Waals surface area contributed by atoms with Crippen LogP contribution in [0, 0.1) is 5.92 Å². The summed E-state index contributed by atoms with van der Waals surface area (Å²) in [6, 6.07) is -1.33. The number of rotatable bonds is 9. The second-order valence-electron chi connectivity index (χ2n) is 5.25. The zero-order valence-electron chi connectivity index (χ0n) is 12.8. The summed E-state index contributed by atoms with van der Waals surface area (Å²) in [5, 5.41) is 14.3. The Balaban J connectivity index is 2.31. The molecule has 1 fully saturated rings. The first-order chi connectivity index (χ1) is 10.1. The Morgan fingerprint density at radius 1 is 1.48 bits per heavy atom. The first-order valence-corrected chi connectivity index (χ1v) is 7.46. The van der Waals surface area contributed by atoms with Crippen LogP contribution in [0.4, 0.5) is 4.79 Å². The van der Waals surface area contributed by atoms with Crippen LogP contribution < -0.4 is 10.6 Å². The number of carbonyl (C=O) groups is 2. The fraction of sp³-hybridized carbons (Fsp3) is 0.857.